The van der Waals surface area contributed by atoms with Gasteiger partial charge in [-0.25, -0.2) is 18.7 Å². The van der Waals surface area contributed by atoms with Crippen molar-refractivity contribution in [2.24, 2.45) is 0 Å². The number of carbonyl (C=O) groups excluding carboxylic acids is 1. The molecule has 3 heterocycles. The molecule has 174 valence electrons. The summed E-state index contributed by atoms with van der Waals surface area (Å²) in [5, 5.41) is 10.5. The summed E-state index contributed by atoms with van der Waals surface area (Å²) >= 11 is 0. The molecule has 34 heavy (non-hydrogen) atoms. The summed E-state index contributed by atoms with van der Waals surface area (Å²) in [5.41, 5.74) is 6.86. The first-order valence-corrected chi connectivity index (χ1v) is 10.9. The van der Waals surface area contributed by atoms with E-state index in [9.17, 15) is 18.7 Å². The number of nitrogens with zero attached hydrogens (tertiary/aromatic N) is 3. The Balaban J connectivity index is 1.45. The van der Waals surface area contributed by atoms with Crippen molar-refractivity contribution in [3.05, 3.63) is 83.5 Å². The van der Waals surface area contributed by atoms with Gasteiger partial charge in [0.1, 0.15) is 17.3 Å². The molecular formula is C25H22F2N4O3. The van der Waals surface area contributed by atoms with Crippen LogP contribution in [0.15, 0.2) is 55.0 Å². The van der Waals surface area contributed by atoms with Crippen LogP contribution >= 0.6 is 0 Å². The van der Waals surface area contributed by atoms with E-state index in [2.05, 4.69) is 21.5 Å². The standard InChI is InChI=1S/C25H22F2N4O3/c1-13-19(32)10-21(34-25(13)6-7-25)15-5-8-29-11-14(15)9-20(33)23-18(28)12-30-24(31-23)22-16(26)3-2-4-17(22)27/h2-5,8,11-12,19,21,32H,1,6-7,9-10,28H2/t19-,21-/m0/s1. The molecule has 1 aromatic carbocycles. The number of pyridine rings is 1. The maximum Gasteiger partial charge on any atom is 0.187 e. The topological polar surface area (TPSA) is 111 Å². The number of aromatic nitrogens is 3. The fraction of sp³-hybridized carbons (Fsp3) is 0.280. The lowest BCUT2D eigenvalue weighted by molar-refractivity contribution is -0.0728. The second kappa shape index (κ2) is 8.34. The van der Waals surface area contributed by atoms with Crippen LogP contribution in [-0.2, 0) is 11.2 Å². The Morgan fingerprint density at radius 3 is 2.68 bits per heavy atom. The zero-order valence-corrected chi connectivity index (χ0v) is 18.2. The normalized spacial score (nSPS) is 21.0. The molecule has 0 unspecified atom stereocenters. The maximum atomic E-state index is 14.2. The van der Waals surface area contributed by atoms with E-state index in [0.29, 0.717) is 17.6 Å². The molecular weight excluding hydrogens is 442 g/mol. The molecule has 3 N–H and O–H groups in total. The van der Waals surface area contributed by atoms with Gasteiger partial charge in [-0.1, -0.05) is 12.6 Å². The fourth-order valence-corrected chi connectivity index (χ4v) is 4.39. The highest BCUT2D eigenvalue weighted by molar-refractivity contribution is 6.00. The Kier molecular flexibility index (Phi) is 5.45. The SMILES string of the molecule is C=C1[C@@H](O)C[C@@H](c2ccncc2CC(=O)c2nc(-c3c(F)cccc3F)ncc2N)OC12CC2. The highest BCUT2D eigenvalue weighted by atomic mass is 19.1. The number of Topliss-reactive ketones (excluding diaryl/α,β-unsaturated/α-hetero) is 1. The molecule has 7 nitrogen and oxygen atoms in total. The van der Waals surface area contributed by atoms with Gasteiger partial charge in [-0.2, -0.15) is 0 Å². The van der Waals surface area contributed by atoms with Gasteiger partial charge < -0.3 is 15.6 Å². The number of anilines is 1. The summed E-state index contributed by atoms with van der Waals surface area (Å²) in [6, 6.07) is 5.16. The highest BCUT2D eigenvalue weighted by Crippen LogP contribution is 2.54. The van der Waals surface area contributed by atoms with Crippen LogP contribution in [0.2, 0.25) is 0 Å². The zero-order chi connectivity index (χ0) is 24.0. The van der Waals surface area contributed by atoms with Crippen LogP contribution in [0.5, 0.6) is 0 Å². The predicted octanol–water partition coefficient (Wildman–Crippen LogP) is 3.74. The van der Waals surface area contributed by atoms with Crippen molar-refractivity contribution in [2.45, 2.75) is 43.5 Å². The van der Waals surface area contributed by atoms with E-state index >= 15 is 0 Å². The number of aliphatic hydroxyl groups is 1. The summed E-state index contributed by atoms with van der Waals surface area (Å²) in [6.07, 6.45) is 4.98. The molecule has 2 atom stereocenters. The molecule has 3 aromatic rings. The van der Waals surface area contributed by atoms with Crippen molar-refractivity contribution in [2.75, 3.05) is 5.73 Å². The Hall–Kier alpha value is -3.56. The Labute approximate surface area is 194 Å². The number of hydrogen-bond acceptors (Lipinski definition) is 7. The van der Waals surface area contributed by atoms with Crippen LogP contribution in [0.25, 0.3) is 11.4 Å². The number of halogens is 2. The number of ether oxygens (including phenoxy) is 1. The van der Waals surface area contributed by atoms with E-state index < -0.39 is 40.8 Å². The molecule has 0 amide bonds. The van der Waals surface area contributed by atoms with E-state index in [-0.39, 0.29) is 23.6 Å². The first kappa shape index (κ1) is 22.2. The van der Waals surface area contributed by atoms with Gasteiger partial charge in [-0.3, -0.25) is 9.78 Å². The van der Waals surface area contributed by atoms with Crippen LogP contribution in [0.3, 0.4) is 0 Å². The van der Waals surface area contributed by atoms with E-state index in [1.165, 1.54) is 6.07 Å². The van der Waals surface area contributed by atoms with Crippen molar-refractivity contribution < 1.29 is 23.4 Å². The summed E-state index contributed by atoms with van der Waals surface area (Å²) in [6.45, 7) is 3.98. The van der Waals surface area contributed by atoms with Gasteiger partial charge in [0.15, 0.2) is 11.6 Å². The number of hydrogen-bond donors (Lipinski definition) is 2. The number of nitrogens with two attached hydrogens (primary N) is 1. The van der Waals surface area contributed by atoms with E-state index in [1.807, 2.05) is 0 Å². The quantitative estimate of drug-likeness (QED) is 0.437. The van der Waals surface area contributed by atoms with Gasteiger partial charge in [0.25, 0.3) is 0 Å². The minimum Gasteiger partial charge on any atom is -0.396 e. The minimum absolute atomic E-state index is 0.00601. The van der Waals surface area contributed by atoms with Crippen molar-refractivity contribution in [1.82, 2.24) is 15.0 Å². The molecule has 5 rings (SSSR count). The van der Waals surface area contributed by atoms with Crippen LogP contribution in [0, 0.1) is 11.6 Å². The van der Waals surface area contributed by atoms with Gasteiger partial charge in [-0.15, -0.1) is 0 Å². The third-order valence-electron chi connectivity index (χ3n) is 6.40. The lowest BCUT2D eigenvalue weighted by atomic mass is 9.89. The largest absolute Gasteiger partial charge is 0.396 e. The van der Waals surface area contributed by atoms with Gasteiger partial charge >= 0.3 is 0 Å². The van der Waals surface area contributed by atoms with Crippen molar-refractivity contribution in [1.29, 1.82) is 0 Å². The average molecular weight is 464 g/mol. The lowest BCUT2D eigenvalue weighted by Gasteiger charge is -2.36. The first-order valence-electron chi connectivity index (χ1n) is 10.9. The molecule has 1 aliphatic carbocycles. The average Bonchev–Trinajstić information content (AvgIpc) is 3.58. The van der Waals surface area contributed by atoms with Gasteiger partial charge in [0.05, 0.1) is 35.3 Å². The van der Waals surface area contributed by atoms with Crippen molar-refractivity contribution in [3.8, 4) is 11.4 Å². The Morgan fingerprint density at radius 2 is 1.97 bits per heavy atom. The lowest BCUT2D eigenvalue weighted by Crippen LogP contribution is -2.35. The Morgan fingerprint density at radius 1 is 1.24 bits per heavy atom. The molecule has 2 aromatic heterocycles. The Bertz CT molecular complexity index is 1290. The van der Waals surface area contributed by atoms with Crippen LogP contribution < -0.4 is 5.73 Å². The monoisotopic (exact) mass is 464 g/mol. The van der Waals surface area contributed by atoms with E-state index in [4.69, 9.17) is 10.5 Å². The van der Waals surface area contributed by atoms with Gasteiger partial charge in [0, 0.05) is 25.2 Å². The summed E-state index contributed by atoms with van der Waals surface area (Å²) in [7, 11) is 0. The molecule has 9 heteroatoms. The van der Waals surface area contributed by atoms with Crippen LogP contribution in [0.1, 0.15) is 47.0 Å². The first-order chi connectivity index (χ1) is 16.3. The molecule has 1 spiro atoms. The molecule has 2 aliphatic rings. The summed E-state index contributed by atoms with van der Waals surface area (Å²) in [5.74, 6) is -2.43. The second-order valence-corrected chi connectivity index (χ2v) is 8.65. The number of nitrogen functional groups attached to an aromatic ring is 1. The zero-order valence-electron chi connectivity index (χ0n) is 18.2. The number of rotatable bonds is 5. The van der Waals surface area contributed by atoms with Crippen molar-refractivity contribution in [3.63, 3.8) is 0 Å². The molecule has 0 radical (unpaired) electrons. The highest BCUT2D eigenvalue weighted by Gasteiger charge is 2.53. The number of ketones is 1. The number of aliphatic hydroxyl groups excluding tert-OH is 1. The molecule has 1 aliphatic heterocycles. The predicted molar refractivity (Wildman–Crippen MR) is 120 cm³/mol. The molecule has 0 bridgehead atoms. The molecule has 2 fully saturated rings. The third-order valence-corrected chi connectivity index (χ3v) is 6.40. The van der Waals surface area contributed by atoms with Gasteiger partial charge in [0.2, 0.25) is 0 Å². The van der Waals surface area contributed by atoms with Crippen LogP contribution in [-0.4, -0.2) is 37.5 Å². The minimum atomic E-state index is -0.846. The number of benzene rings is 1. The smallest absolute Gasteiger partial charge is 0.187 e. The third kappa shape index (κ3) is 3.86. The maximum absolute atomic E-state index is 14.2. The van der Waals surface area contributed by atoms with Crippen LogP contribution in [0.4, 0.5) is 14.5 Å². The van der Waals surface area contributed by atoms with Gasteiger partial charge in [-0.05, 0) is 47.7 Å². The summed E-state index contributed by atoms with van der Waals surface area (Å²) < 4.78 is 34.7. The fourth-order valence-electron chi connectivity index (χ4n) is 4.39. The molecule has 1 saturated heterocycles. The van der Waals surface area contributed by atoms with Crippen molar-refractivity contribution >= 4 is 11.5 Å². The van der Waals surface area contributed by atoms with E-state index in [0.717, 1.165) is 36.7 Å². The number of carbonyl (C=O) groups is 1. The second-order valence-electron chi connectivity index (χ2n) is 8.65. The summed E-state index contributed by atoms with van der Waals surface area (Å²) in [4.78, 5) is 25.3. The molecule has 1 saturated carbocycles. The van der Waals surface area contributed by atoms with E-state index in [1.54, 1.807) is 18.5 Å².